The minimum absolute atomic E-state index is 0.409. The van der Waals surface area contributed by atoms with E-state index in [4.69, 9.17) is 10.5 Å². The van der Waals surface area contributed by atoms with Gasteiger partial charge in [0.15, 0.2) is 0 Å². The van der Waals surface area contributed by atoms with Gasteiger partial charge in [0.2, 0.25) is 0 Å². The van der Waals surface area contributed by atoms with E-state index in [1.807, 2.05) is 12.1 Å². The Kier molecular flexibility index (Phi) is 3.98. The van der Waals surface area contributed by atoms with Gasteiger partial charge in [-0.2, -0.15) is 0 Å². The van der Waals surface area contributed by atoms with Crippen molar-refractivity contribution >= 4 is 0 Å². The van der Waals surface area contributed by atoms with Gasteiger partial charge in [0.1, 0.15) is 0 Å². The molecule has 84 valence electrons. The molecule has 1 aliphatic carbocycles. The summed E-state index contributed by atoms with van der Waals surface area (Å²) >= 11 is 0. The van der Waals surface area contributed by atoms with Crippen LogP contribution in [0.3, 0.4) is 0 Å². The first-order chi connectivity index (χ1) is 7.88. The van der Waals surface area contributed by atoms with Crippen LogP contribution in [-0.2, 0) is 11.3 Å². The van der Waals surface area contributed by atoms with Gasteiger partial charge in [0.05, 0.1) is 19.3 Å². The molecule has 0 aliphatic heterocycles. The molecule has 0 unspecified atom stereocenters. The van der Waals surface area contributed by atoms with Crippen LogP contribution >= 0.6 is 0 Å². The Morgan fingerprint density at radius 3 is 2.56 bits per heavy atom. The molecule has 1 aliphatic rings. The molecule has 0 saturated heterocycles. The zero-order valence-corrected chi connectivity index (χ0v) is 9.41. The van der Waals surface area contributed by atoms with E-state index in [2.05, 4.69) is 24.0 Å². The summed E-state index contributed by atoms with van der Waals surface area (Å²) in [6.45, 7) is 1.13. The average molecular weight is 215 g/mol. The molecule has 0 heterocycles. The highest BCUT2D eigenvalue weighted by Crippen LogP contribution is 2.23. The molecule has 0 spiro atoms. The van der Waals surface area contributed by atoms with Crippen LogP contribution in [0.2, 0.25) is 0 Å². The van der Waals surface area contributed by atoms with Gasteiger partial charge in [-0.1, -0.05) is 24.0 Å². The minimum atomic E-state index is 0.409. The molecule has 0 aromatic heterocycles. The van der Waals surface area contributed by atoms with Crippen LogP contribution in [0.4, 0.5) is 0 Å². The van der Waals surface area contributed by atoms with E-state index < -0.39 is 0 Å². The third kappa shape index (κ3) is 3.10. The summed E-state index contributed by atoms with van der Waals surface area (Å²) in [5.74, 6) is 5.84. The van der Waals surface area contributed by atoms with Gasteiger partial charge >= 0.3 is 0 Å². The first kappa shape index (κ1) is 11.2. The van der Waals surface area contributed by atoms with Gasteiger partial charge in [0.25, 0.3) is 0 Å². The van der Waals surface area contributed by atoms with Gasteiger partial charge in [-0.05, 0) is 37.0 Å². The molecule has 1 saturated carbocycles. The maximum Gasteiger partial charge on any atom is 0.0720 e. The van der Waals surface area contributed by atoms with Crippen LogP contribution in [0.25, 0.3) is 0 Å². The molecule has 2 heteroatoms. The van der Waals surface area contributed by atoms with Crippen molar-refractivity contribution in [2.45, 2.75) is 32.0 Å². The van der Waals surface area contributed by atoms with E-state index >= 15 is 0 Å². The highest BCUT2D eigenvalue weighted by Gasteiger charge is 2.17. The van der Waals surface area contributed by atoms with Crippen molar-refractivity contribution in [3.05, 3.63) is 35.4 Å². The Morgan fingerprint density at radius 1 is 1.25 bits per heavy atom. The van der Waals surface area contributed by atoms with Crippen LogP contribution in [0, 0.1) is 11.8 Å². The lowest BCUT2D eigenvalue weighted by atomic mass is 9.96. The average Bonchev–Trinajstić information content (AvgIpc) is 2.26. The number of nitrogens with two attached hydrogens (primary N) is 1. The third-order valence-electron chi connectivity index (χ3n) is 2.83. The van der Waals surface area contributed by atoms with Crippen LogP contribution < -0.4 is 5.73 Å². The Morgan fingerprint density at radius 2 is 2.00 bits per heavy atom. The summed E-state index contributed by atoms with van der Waals surface area (Å²) in [7, 11) is 0. The third-order valence-corrected chi connectivity index (χ3v) is 2.83. The number of ether oxygens (including phenoxy) is 1. The smallest absolute Gasteiger partial charge is 0.0720 e. The summed E-state index contributed by atoms with van der Waals surface area (Å²) < 4.78 is 5.73. The maximum absolute atomic E-state index is 5.73. The fraction of sp³-hybridized carbons (Fsp3) is 0.429. The zero-order valence-electron chi connectivity index (χ0n) is 9.41. The first-order valence-corrected chi connectivity index (χ1v) is 5.78. The normalized spacial score (nSPS) is 15.1. The van der Waals surface area contributed by atoms with Crippen molar-refractivity contribution in [1.82, 2.24) is 0 Å². The summed E-state index contributed by atoms with van der Waals surface area (Å²) in [4.78, 5) is 0. The predicted octanol–water partition coefficient (Wildman–Crippen LogP) is 2.07. The Labute approximate surface area is 96.8 Å². The van der Waals surface area contributed by atoms with Crippen LogP contribution in [0.15, 0.2) is 24.3 Å². The Balaban J connectivity index is 1.85. The van der Waals surface area contributed by atoms with Crippen molar-refractivity contribution in [2.75, 3.05) is 6.54 Å². The molecule has 0 radical (unpaired) electrons. The molecule has 1 fully saturated rings. The van der Waals surface area contributed by atoms with Crippen molar-refractivity contribution in [3.63, 3.8) is 0 Å². The Hall–Kier alpha value is -1.30. The van der Waals surface area contributed by atoms with Gasteiger partial charge in [-0.3, -0.25) is 0 Å². The fourth-order valence-electron chi connectivity index (χ4n) is 1.59. The molecule has 0 bridgehead atoms. The summed E-state index contributed by atoms with van der Waals surface area (Å²) in [6.07, 6.45) is 4.26. The second-order valence-electron chi connectivity index (χ2n) is 4.07. The lowest BCUT2D eigenvalue weighted by molar-refractivity contribution is -0.00866. The quantitative estimate of drug-likeness (QED) is 0.783. The van der Waals surface area contributed by atoms with E-state index in [1.54, 1.807) is 0 Å². The maximum atomic E-state index is 5.73. The van der Waals surface area contributed by atoms with Crippen molar-refractivity contribution < 1.29 is 4.74 Å². The van der Waals surface area contributed by atoms with Crippen molar-refractivity contribution in [1.29, 1.82) is 0 Å². The second-order valence-corrected chi connectivity index (χ2v) is 4.07. The molecule has 0 atom stereocenters. The number of hydrogen-bond acceptors (Lipinski definition) is 2. The zero-order chi connectivity index (χ0) is 11.2. The minimum Gasteiger partial charge on any atom is -0.374 e. The summed E-state index contributed by atoms with van der Waals surface area (Å²) in [6, 6.07) is 8.17. The van der Waals surface area contributed by atoms with Gasteiger partial charge < -0.3 is 10.5 Å². The van der Waals surface area contributed by atoms with E-state index in [0.29, 0.717) is 12.6 Å². The molecule has 1 aromatic rings. The number of benzene rings is 1. The molecule has 16 heavy (non-hydrogen) atoms. The van der Waals surface area contributed by atoms with Gasteiger partial charge in [-0.15, -0.1) is 0 Å². The second kappa shape index (κ2) is 5.69. The van der Waals surface area contributed by atoms with Crippen molar-refractivity contribution in [3.8, 4) is 11.8 Å². The van der Waals surface area contributed by atoms with Crippen molar-refractivity contribution in [2.24, 2.45) is 5.73 Å². The standard InChI is InChI=1S/C14H17NO/c15-10-2-3-12-6-8-13(9-7-12)11-16-14-4-1-5-14/h6-9,14H,1,4-5,10-11,15H2. The number of hydrogen-bond donors (Lipinski definition) is 1. The molecular weight excluding hydrogens is 198 g/mol. The highest BCUT2D eigenvalue weighted by atomic mass is 16.5. The molecular formula is C14H17NO. The van der Waals surface area contributed by atoms with E-state index in [9.17, 15) is 0 Å². The number of rotatable bonds is 3. The molecule has 2 rings (SSSR count). The SMILES string of the molecule is NCC#Cc1ccc(COC2CCC2)cc1. The topological polar surface area (TPSA) is 35.2 Å². The fourth-order valence-corrected chi connectivity index (χ4v) is 1.59. The van der Waals surface area contributed by atoms with E-state index in [1.165, 1.54) is 24.8 Å². The molecule has 1 aromatic carbocycles. The summed E-state index contributed by atoms with van der Waals surface area (Å²) in [5, 5.41) is 0. The van der Waals surface area contributed by atoms with Crippen LogP contribution in [0.5, 0.6) is 0 Å². The molecule has 2 nitrogen and oxygen atoms in total. The Bertz CT molecular complexity index is 381. The van der Waals surface area contributed by atoms with Gasteiger partial charge in [0, 0.05) is 5.56 Å². The van der Waals surface area contributed by atoms with Crippen LogP contribution in [0.1, 0.15) is 30.4 Å². The monoisotopic (exact) mass is 215 g/mol. The first-order valence-electron chi connectivity index (χ1n) is 5.78. The molecule has 0 amide bonds. The van der Waals surface area contributed by atoms with E-state index in [-0.39, 0.29) is 0 Å². The summed E-state index contributed by atoms with van der Waals surface area (Å²) in [5.41, 5.74) is 7.54. The van der Waals surface area contributed by atoms with E-state index in [0.717, 1.165) is 12.2 Å². The predicted molar refractivity (Wildman–Crippen MR) is 64.8 cm³/mol. The molecule has 2 N–H and O–H groups in total. The van der Waals surface area contributed by atoms with Gasteiger partial charge in [-0.25, -0.2) is 0 Å². The van der Waals surface area contributed by atoms with Crippen LogP contribution in [-0.4, -0.2) is 12.6 Å². The lowest BCUT2D eigenvalue weighted by Gasteiger charge is -2.25. The lowest BCUT2D eigenvalue weighted by Crippen LogP contribution is -2.21. The largest absolute Gasteiger partial charge is 0.374 e. The highest BCUT2D eigenvalue weighted by molar-refractivity contribution is 5.36.